The van der Waals surface area contributed by atoms with Crippen molar-refractivity contribution in [3.8, 4) is 0 Å². The van der Waals surface area contributed by atoms with E-state index >= 15 is 0 Å². The predicted octanol–water partition coefficient (Wildman–Crippen LogP) is -0.374. The molecule has 0 saturated heterocycles. The van der Waals surface area contributed by atoms with E-state index in [2.05, 4.69) is 0 Å². The Labute approximate surface area is 103 Å². The number of ether oxygens (including phenoxy) is 2. The monoisotopic (exact) mass is 202 g/mol. The van der Waals surface area contributed by atoms with Gasteiger partial charge in [0.05, 0.1) is 0 Å². The molecular formula is C6H16AlNaO4. The van der Waals surface area contributed by atoms with Crippen LogP contribution in [0, 0.1) is 0 Å². The Morgan fingerprint density at radius 2 is 1.33 bits per heavy atom. The maximum absolute atomic E-state index is 5.04. The van der Waals surface area contributed by atoms with Gasteiger partial charge in [-0.1, -0.05) is 0 Å². The van der Waals surface area contributed by atoms with Gasteiger partial charge in [0.1, 0.15) is 13.6 Å². The molecule has 0 aliphatic rings. The van der Waals surface area contributed by atoms with Gasteiger partial charge in [0.25, 0.3) is 0 Å². The summed E-state index contributed by atoms with van der Waals surface area (Å²) < 4.78 is 19.9. The molecule has 0 aromatic heterocycles. The third-order valence-corrected chi connectivity index (χ3v) is 1.57. The van der Waals surface area contributed by atoms with Gasteiger partial charge in [0, 0.05) is 13.2 Å². The Kier molecular flexibility index (Phi) is 19.6. The fourth-order valence-corrected chi connectivity index (χ4v) is 0.901. The number of hydrogen-bond acceptors (Lipinski definition) is 4. The summed E-state index contributed by atoms with van der Waals surface area (Å²) in [5.74, 6) is 0. The van der Waals surface area contributed by atoms with Gasteiger partial charge in [-0.15, -0.1) is 0 Å². The molecule has 0 atom stereocenters. The minimum absolute atomic E-state index is 0. The van der Waals surface area contributed by atoms with E-state index in [4.69, 9.17) is 17.1 Å². The third-order valence-electron chi connectivity index (χ3n) is 0.908. The summed E-state index contributed by atoms with van der Waals surface area (Å²) in [6, 6.07) is 0. The average molecular weight is 202 g/mol. The van der Waals surface area contributed by atoms with Crippen LogP contribution in [-0.4, -0.2) is 72.2 Å². The van der Waals surface area contributed by atoms with Crippen LogP contribution in [-0.2, 0) is 17.1 Å². The van der Waals surface area contributed by atoms with Crippen LogP contribution in [0.2, 0.25) is 0 Å². The molecule has 0 bridgehead atoms. The van der Waals surface area contributed by atoms with Crippen LogP contribution in [0.1, 0.15) is 13.8 Å². The van der Waals surface area contributed by atoms with Crippen molar-refractivity contribution in [2.24, 2.45) is 0 Å². The van der Waals surface area contributed by atoms with Crippen molar-refractivity contribution < 1.29 is 17.1 Å². The Morgan fingerprint density at radius 3 is 1.67 bits per heavy atom. The van der Waals surface area contributed by atoms with E-state index in [9.17, 15) is 0 Å². The van der Waals surface area contributed by atoms with Crippen molar-refractivity contribution >= 4 is 45.4 Å². The zero-order valence-corrected chi connectivity index (χ0v) is 8.58. The first-order valence-electron chi connectivity index (χ1n) is 3.72. The molecule has 0 saturated carbocycles. The predicted molar refractivity (Wildman–Crippen MR) is 49.5 cm³/mol. The first-order chi connectivity index (χ1) is 5.41. The van der Waals surface area contributed by atoms with Gasteiger partial charge in [-0.25, -0.2) is 0 Å². The first kappa shape index (κ1) is 15.8. The van der Waals surface area contributed by atoms with E-state index in [1.165, 1.54) is 0 Å². The topological polar surface area (TPSA) is 36.9 Å². The number of rotatable bonds is 8. The molecule has 0 aromatic carbocycles. The van der Waals surface area contributed by atoms with E-state index in [0.717, 1.165) is 0 Å². The number of hydrogen-bond donors (Lipinski definition) is 0. The van der Waals surface area contributed by atoms with Gasteiger partial charge in [-0.3, -0.25) is 0 Å². The van der Waals surface area contributed by atoms with Crippen LogP contribution in [0.3, 0.4) is 0 Å². The molecule has 6 heteroatoms. The Bertz CT molecular complexity index is 68.6. The first-order valence-corrected chi connectivity index (χ1v) is 4.88. The average Bonchev–Trinajstić information content (AvgIpc) is 2.03. The van der Waals surface area contributed by atoms with Crippen LogP contribution in [0.5, 0.6) is 0 Å². The van der Waals surface area contributed by atoms with Gasteiger partial charge in [0.15, 0.2) is 0 Å². The van der Waals surface area contributed by atoms with E-state index in [-0.39, 0.29) is 29.6 Å². The molecule has 0 aliphatic carbocycles. The molecule has 0 fully saturated rings. The van der Waals surface area contributed by atoms with Crippen molar-refractivity contribution in [1.82, 2.24) is 0 Å². The SMILES string of the molecule is CCOC[O][AlH][O]COCC.[NaH]. The Hall–Kier alpha value is 1.37. The fourth-order valence-electron chi connectivity index (χ4n) is 0.411. The summed E-state index contributed by atoms with van der Waals surface area (Å²) >= 11 is -0.879. The molecule has 4 nitrogen and oxygen atoms in total. The van der Waals surface area contributed by atoms with Gasteiger partial charge >= 0.3 is 45.4 Å². The summed E-state index contributed by atoms with van der Waals surface area (Å²) in [6.07, 6.45) is 0. The second-order valence-electron chi connectivity index (χ2n) is 1.75. The standard InChI is InChI=1S/2C3H7O2.Al.Na.2H/c2*1-2-5-3-4;;;;/h2*2-3H2,1H3;;;;/q2*-1;+2;;;. The van der Waals surface area contributed by atoms with E-state index < -0.39 is 15.9 Å². The van der Waals surface area contributed by atoms with Crippen LogP contribution >= 0.6 is 0 Å². The molecule has 0 spiro atoms. The van der Waals surface area contributed by atoms with E-state index in [0.29, 0.717) is 26.8 Å². The molecule has 0 heterocycles. The molecule has 0 N–H and O–H groups in total. The molecule has 0 rings (SSSR count). The fraction of sp³-hybridized carbons (Fsp3) is 1.00. The second kappa shape index (κ2) is 14.9. The normalized spacial score (nSPS) is 9.17. The van der Waals surface area contributed by atoms with Crippen molar-refractivity contribution in [2.75, 3.05) is 26.8 Å². The van der Waals surface area contributed by atoms with Gasteiger partial charge < -0.3 is 17.1 Å². The summed E-state index contributed by atoms with van der Waals surface area (Å²) in [5, 5.41) is 0. The Morgan fingerprint density at radius 1 is 0.917 bits per heavy atom. The second-order valence-corrected chi connectivity index (χ2v) is 2.80. The quantitative estimate of drug-likeness (QED) is 0.305. The van der Waals surface area contributed by atoms with Crippen LogP contribution in [0.15, 0.2) is 0 Å². The summed E-state index contributed by atoms with van der Waals surface area (Å²) in [5.41, 5.74) is 0. The summed E-state index contributed by atoms with van der Waals surface area (Å²) in [7, 11) is 0. The minimum atomic E-state index is -0.879. The molecule has 68 valence electrons. The van der Waals surface area contributed by atoms with Crippen molar-refractivity contribution in [1.29, 1.82) is 0 Å². The molecule has 0 unspecified atom stereocenters. The van der Waals surface area contributed by atoms with E-state index in [1.54, 1.807) is 0 Å². The third kappa shape index (κ3) is 13.9. The Balaban J connectivity index is 0. The molecule has 0 aliphatic heterocycles. The molecule has 12 heavy (non-hydrogen) atoms. The van der Waals surface area contributed by atoms with Crippen molar-refractivity contribution in [3.63, 3.8) is 0 Å². The molecular weight excluding hydrogens is 186 g/mol. The zero-order valence-electron chi connectivity index (χ0n) is 7.17. The van der Waals surface area contributed by atoms with Gasteiger partial charge in [-0.05, 0) is 13.8 Å². The van der Waals surface area contributed by atoms with E-state index in [1.807, 2.05) is 13.8 Å². The molecule has 0 amide bonds. The molecule has 0 radical (unpaired) electrons. The molecule has 0 aromatic rings. The van der Waals surface area contributed by atoms with Gasteiger partial charge in [-0.2, -0.15) is 0 Å². The summed E-state index contributed by atoms with van der Waals surface area (Å²) in [6.45, 7) is 5.89. The van der Waals surface area contributed by atoms with Crippen LogP contribution in [0.25, 0.3) is 0 Å². The van der Waals surface area contributed by atoms with Crippen LogP contribution < -0.4 is 0 Å². The van der Waals surface area contributed by atoms with Gasteiger partial charge in [0.2, 0.25) is 0 Å². The van der Waals surface area contributed by atoms with Crippen molar-refractivity contribution in [3.05, 3.63) is 0 Å². The zero-order chi connectivity index (χ0) is 8.36. The van der Waals surface area contributed by atoms with Crippen molar-refractivity contribution in [2.45, 2.75) is 13.8 Å². The van der Waals surface area contributed by atoms with Crippen LogP contribution in [0.4, 0.5) is 0 Å². The summed E-state index contributed by atoms with van der Waals surface area (Å²) in [4.78, 5) is 0. The maximum atomic E-state index is 5.04.